The molecular formula is C48H91NO9. The van der Waals surface area contributed by atoms with E-state index >= 15 is 0 Å². The SMILES string of the molecule is CCCCCCCCC(CCCCCC)OC(=O)CCCCC(=O)OCC(CN(C)CCO)OC(=O)CCCCC(=O)OC(CCCCCC)CCCCCCCC. The van der Waals surface area contributed by atoms with Crippen LogP contribution in [-0.2, 0) is 38.1 Å². The van der Waals surface area contributed by atoms with Gasteiger partial charge in [-0.05, 0) is 84.1 Å². The zero-order valence-corrected chi connectivity index (χ0v) is 38.3. The molecule has 0 saturated carbocycles. The Morgan fingerprint density at radius 3 is 1.10 bits per heavy atom. The van der Waals surface area contributed by atoms with Gasteiger partial charge in [0.1, 0.15) is 24.9 Å². The molecule has 0 rings (SSSR count). The van der Waals surface area contributed by atoms with Crippen molar-refractivity contribution in [3.05, 3.63) is 0 Å². The second-order valence-electron chi connectivity index (χ2n) is 16.7. The lowest BCUT2D eigenvalue weighted by molar-refractivity contribution is -0.160. The normalized spacial score (nSPS) is 12.9. The number of likely N-dealkylation sites (N-methyl/N-ethyl adjacent to an activating group) is 1. The Morgan fingerprint density at radius 1 is 0.431 bits per heavy atom. The van der Waals surface area contributed by atoms with Gasteiger partial charge in [-0.1, -0.05) is 130 Å². The van der Waals surface area contributed by atoms with Crippen molar-refractivity contribution in [1.82, 2.24) is 4.90 Å². The summed E-state index contributed by atoms with van der Waals surface area (Å²) in [6, 6.07) is 0. The summed E-state index contributed by atoms with van der Waals surface area (Å²) in [6.45, 7) is 9.38. The third kappa shape index (κ3) is 36.8. The highest BCUT2D eigenvalue weighted by atomic mass is 16.6. The molecule has 0 heterocycles. The van der Waals surface area contributed by atoms with E-state index in [9.17, 15) is 24.3 Å². The minimum absolute atomic E-state index is 0.0252. The van der Waals surface area contributed by atoms with Gasteiger partial charge in [0, 0.05) is 38.8 Å². The summed E-state index contributed by atoms with van der Waals surface area (Å²) in [5.74, 6) is -1.21. The van der Waals surface area contributed by atoms with Crippen LogP contribution in [0, 0.1) is 0 Å². The zero-order valence-electron chi connectivity index (χ0n) is 38.3. The molecule has 10 nitrogen and oxygen atoms in total. The maximum absolute atomic E-state index is 12.8. The second-order valence-corrected chi connectivity index (χ2v) is 16.7. The molecule has 0 aliphatic heterocycles. The van der Waals surface area contributed by atoms with Crippen molar-refractivity contribution in [3.63, 3.8) is 0 Å². The number of aliphatic hydroxyl groups excluding tert-OH is 1. The number of unbranched alkanes of at least 4 members (excludes halogenated alkanes) is 18. The van der Waals surface area contributed by atoms with Gasteiger partial charge in [0.05, 0.1) is 6.61 Å². The fraction of sp³-hybridized carbons (Fsp3) is 0.917. The lowest BCUT2D eigenvalue weighted by atomic mass is 10.0. The van der Waals surface area contributed by atoms with Crippen LogP contribution >= 0.6 is 0 Å². The summed E-state index contributed by atoms with van der Waals surface area (Å²) >= 11 is 0. The Hall–Kier alpha value is -2.20. The van der Waals surface area contributed by atoms with Gasteiger partial charge >= 0.3 is 23.9 Å². The number of aliphatic hydroxyl groups is 1. The number of hydrogen-bond acceptors (Lipinski definition) is 10. The van der Waals surface area contributed by atoms with Crippen molar-refractivity contribution in [3.8, 4) is 0 Å². The van der Waals surface area contributed by atoms with E-state index in [1.807, 2.05) is 4.90 Å². The van der Waals surface area contributed by atoms with Gasteiger partial charge in [0.25, 0.3) is 0 Å². The monoisotopic (exact) mass is 826 g/mol. The van der Waals surface area contributed by atoms with E-state index in [0.717, 1.165) is 64.2 Å². The third-order valence-corrected chi connectivity index (χ3v) is 10.9. The van der Waals surface area contributed by atoms with Crippen LogP contribution in [0.2, 0.25) is 0 Å². The fourth-order valence-electron chi connectivity index (χ4n) is 7.23. The molecule has 0 aliphatic carbocycles. The lowest BCUT2D eigenvalue weighted by Gasteiger charge is -2.23. The number of hydrogen-bond donors (Lipinski definition) is 1. The van der Waals surface area contributed by atoms with E-state index in [1.165, 1.54) is 89.9 Å². The van der Waals surface area contributed by atoms with Crippen LogP contribution in [0.3, 0.4) is 0 Å². The number of rotatable bonds is 43. The van der Waals surface area contributed by atoms with E-state index in [-0.39, 0.29) is 63.0 Å². The van der Waals surface area contributed by atoms with Gasteiger partial charge < -0.3 is 29.0 Å². The average Bonchev–Trinajstić information content (AvgIpc) is 3.19. The predicted octanol–water partition coefficient (Wildman–Crippen LogP) is 11.8. The molecule has 0 aromatic rings. The van der Waals surface area contributed by atoms with Gasteiger partial charge in [0.2, 0.25) is 0 Å². The van der Waals surface area contributed by atoms with Crippen LogP contribution in [0.25, 0.3) is 0 Å². The molecule has 0 aliphatic rings. The predicted molar refractivity (Wildman–Crippen MR) is 236 cm³/mol. The molecule has 0 bridgehead atoms. The van der Waals surface area contributed by atoms with Gasteiger partial charge in [-0.2, -0.15) is 0 Å². The van der Waals surface area contributed by atoms with E-state index in [0.29, 0.717) is 38.8 Å². The first-order valence-corrected chi connectivity index (χ1v) is 24.2. The van der Waals surface area contributed by atoms with E-state index < -0.39 is 18.0 Å². The molecule has 0 fully saturated rings. The number of carbonyl (C=O) groups excluding carboxylic acids is 4. The smallest absolute Gasteiger partial charge is 0.306 e. The van der Waals surface area contributed by atoms with Crippen molar-refractivity contribution in [2.45, 2.75) is 251 Å². The average molecular weight is 826 g/mol. The van der Waals surface area contributed by atoms with Crippen LogP contribution < -0.4 is 0 Å². The summed E-state index contributed by atoms with van der Waals surface area (Å²) < 4.78 is 23.0. The standard InChI is InChI=1S/C48H91NO9/c1-6-10-14-18-20-24-32-42(30-22-16-12-8-3)56-46(52)35-27-26-34-45(51)55-41-44(40-49(5)38-39-50)58-48(54)37-29-28-36-47(53)57-43(31-23-17-13-9-4)33-25-21-19-15-11-7-2/h42-44,50H,6-41H2,1-5H3. The second kappa shape index (κ2) is 41.5. The van der Waals surface area contributed by atoms with Gasteiger partial charge in [-0.25, -0.2) is 0 Å². The summed E-state index contributed by atoms with van der Waals surface area (Å²) in [5.41, 5.74) is 0. The Bertz CT molecular complexity index is 977. The number of carbonyl (C=O) groups is 4. The Balaban J connectivity index is 4.68. The minimum atomic E-state index is -0.690. The zero-order chi connectivity index (χ0) is 42.9. The van der Waals surface area contributed by atoms with Gasteiger partial charge in [-0.3, -0.25) is 19.2 Å². The first-order valence-electron chi connectivity index (χ1n) is 24.2. The van der Waals surface area contributed by atoms with Crippen molar-refractivity contribution in [2.24, 2.45) is 0 Å². The Labute approximate surface area is 356 Å². The molecule has 58 heavy (non-hydrogen) atoms. The van der Waals surface area contributed by atoms with Crippen molar-refractivity contribution in [2.75, 3.05) is 33.4 Å². The molecule has 10 heteroatoms. The Morgan fingerprint density at radius 2 is 0.741 bits per heavy atom. The van der Waals surface area contributed by atoms with Crippen LogP contribution in [0.1, 0.15) is 233 Å². The maximum Gasteiger partial charge on any atom is 0.306 e. The number of ether oxygens (including phenoxy) is 4. The minimum Gasteiger partial charge on any atom is -0.462 e. The van der Waals surface area contributed by atoms with E-state index in [4.69, 9.17) is 18.9 Å². The molecule has 0 aromatic carbocycles. The van der Waals surface area contributed by atoms with Crippen LogP contribution in [0.4, 0.5) is 0 Å². The molecule has 342 valence electrons. The third-order valence-electron chi connectivity index (χ3n) is 10.9. The van der Waals surface area contributed by atoms with E-state index in [2.05, 4.69) is 27.7 Å². The highest BCUT2D eigenvalue weighted by Crippen LogP contribution is 2.19. The van der Waals surface area contributed by atoms with Gasteiger partial charge in [-0.15, -0.1) is 0 Å². The number of nitrogens with zero attached hydrogens (tertiary/aromatic N) is 1. The van der Waals surface area contributed by atoms with Gasteiger partial charge in [0.15, 0.2) is 0 Å². The first-order chi connectivity index (χ1) is 28.2. The van der Waals surface area contributed by atoms with Crippen LogP contribution in [0.15, 0.2) is 0 Å². The number of esters is 4. The molecular weight excluding hydrogens is 735 g/mol. The summed E-state index contributed by atoms with van der Waals surface area (Å²) in [5, 5.41) is 9.37. The quantitative estimate of drug-likeness (QED) is 0.0360. The molecule has 0 aromatic heterocycles. The van der Waals surface area contributed by atoms with Crippen molar-refractivity contribution >= 4 is 23.9 Å². The molecule has 1 N–H and O–H groups in total. The summed E-state index contributed by atoms with van der Waals surface area (Å²) in [4.78, 5) is 52.7. The molecule has 0 amide bonds. The molecule has 0 radical (unpaired) electrons. The topological polar surface area (TPSA) is 129 Å². The molecule has 0 saturated heterocycles. The first kappa shape index (κ1) is 55.8. The van der Waals surface area contributed by atoms with Crippen molar-refractivity contribution in [1.29, 1.82) is 0 Å². The summed E-state index contributed by atoms with van der Waals surface area (Å²) in [7, 11) is 1.80. The highest BCUT2D eigenvalue weighted by molar-refractivity contribution is 5.71. The maximum atomic E-state index is 12.8. The lowest BCUT2D eigenvalue weighted by Crippen LogP contribution is -2.37. The molecule has 3 unspecified atom stereocenters. The highest BCUT2D eigenvalue weighted by Gasteiger charge is 2.20. The molecule has 3 atom stereocenters. The fourth-order valence-corrected chi connectivity index (χ4v) is 7.23. The van der Waals surface area contributed by atoms with Crippen LogP contribution in [-0.4, -0.2) is 85.5 Å². The molecule has 0 spiro atoms. The Kier molecular flexibility index (Phi) is 40.0. The van der Waals surface area contributed by atoms with Crippen LogP contribution in [0.5, 0.6) is 0 Å². The van der Waals surface area contributed by atoms with E-state index in [1.54, 1.807) is 7.05 Å². The van der Waals surface area contributed by atoms with Crippen molar-refractivity contribution < 1.29 is 43.2 Å². The summed E-state index contributed by atoms with van der Waals surface area (Å²) in [6.07, 6.45) is 29.6. The largest absolute Gasteiger partial charge is 0.462 e.